The van der Waals surface area contributed by atoms with Gasteiger partial charge in [0.25, 0.3) is 0 Å². The fourth-order valence-electron chi connectivity index (χ4n) is 3.43. The molecule has 0 atom stereocenters. The van der Waals surface area contributed by atoms with E-state index in [0.717, 1.165) is 31.5 Å². The van der Waals surface area contributed by atoms with Crippen molar-refractivity contribution in [2.45, 2.75) is 32.7 Å². The number of thiol groups is 1. The van der Waals surface area contributed by atoms with Crippen molar-refractivity contribution in [3.8, 4) is 17.0 Å². The standard InChI is InChI=1S/C18H26N8O3S/c1-12(2)9-29-16-15(13-7-20-21-8-13)19-10-26-17(16)23-18(24-26)22-14-3-5-25(6-4-14)11-30(27)28/h7-8,10,12,14,30H,3-6,9,11H2,1-2H3,(H,20,21)(H,22,24). The number of nitrogens with one attached hydrogen (secondary N) is 2. The van der Waals surface area contributed by atoms with Crippen molar-refractivity contribution in [2.75, 3.05) is 30.9 Å². The molecule has 0 spiro atoms. The largest absolute Gasteiger partial charge is 0.487 e. The van der Waals surface area contributed by atoms with Crippen LogP contribution in [0.2, 0.25) is 0 Å². The Kier molecular flexibility index (Phi) is 6.13. The first-order valence-electron chi connectivity index (χ1n) is 9.97. The van der Waals surface area contributed by atoms with Crippen molar-refractivity contribution in [1.82, 2.24) is 34.7 Å². The molecule has 1 aliphatic rings. The third kappa shape index (κ3) is 4.70. The first-order chi connectivity index (χ1) is 14.5. The third-order valence-electron chi connectivity index (χ3n) is 4.91. The van der Waals surface area contributed by atoms with E-state index in [4.69, 9.17) is 4.74 Å². The average molecular weight is 435 g/mol. The normalized spacial score (nSPS) is 16.0. The monoisotopic (exact) mass is 434 g/mol. The van der Waals surface area contributed by atoms with E-state index >= 15 is 0 Å². The number of hydrogen-bond acceptors (Lipinski definition) is 9. The van der Waals surface area contributed by atoms with Crippen molar-refractivity contribution >= 4 is 22.3 Å². The highest BCUT2D eigenvalue weighted by Crippen LogP contribution is 2.31. The third-order valence-corrected chi connectivity index (χ3v) is 5.55. The Morgan fingerprint density at radius 2 is 2.13 bits per heavy atom. The van der Waals surface area contributed by atoms with Gasteiger partial charge in [-0.1, -0.05) is 13.8 Å². The zero-order valence-electron chi connectivity index (χ0n) is 17.0. The number of anilines is 1. The minimum absolute atomic E-state index is 0.119. The first kappa shape index (κ1) is 20.5. The zero-order valence-corrected chi connectivity index (χ0v) is 17.9. The van der Waals surface area contributed by atoms with Gasteiger partial charge in [-0.15, -0.1) is 5.10 Å². The van der Waals surface area contributed by atoms with Gasteiger partial charge in [0.1, 0.15) is 12.0 Å². The second-order valence-corrected chi connectivity index (χ2v) is 8.78. The molecule has 4 rings (SSSR count). The summed E-state index contributed by atoms with van der Waals surface area (Å²) in [5.41, 5.74) is 2.07. The lowest BCUT2D eigenvalue weighted by atomic mass is 10.1. The second-order valence-electron chi connectivity index (χ2n) is 7.83. The lowest BCUT2D eigenvalue weighted by Gasteiger charge is -2.30. The molecule has 0 amide bonds. The molecule has 0 aliphatic carbocycles. The predicted octanol–water partition coefficient (Wildman–Crippen LogP) is 0.994. The van der Waals surface area contributed by atoms with Crippen molar-refractivity contribution in [2.24, 2.45) is 5.92 Å². The summed E-state index contributed by atoms with van der Waals surface area (Å²) in [5, 5.41) is 14.7. The van der Waals surface area contributed by atoms with Gasteiger partial charge >= 0.3 is 0 Å². The van der Waals surface area contributed by atoms with Crippen molar-refractivity contribution in [3.05, 3.63) is 18.7 Å². The Hall–Kier alpha value is -2.73. The Labute approximate surface area is 175 Å². The summed E-state index contributed by atoms with van der Waals surface area (Å²) < 4.78 is 29.5. The number of ether oxygens (including phenoxy) is 1. The molecule has 12 heteroatoms. The van der Waals surface area contributed by atoms with Crippen LogP contribution in [0.5, 0.6) is 5.75 Å². The smallest absolute Gasteiger partial charge is 0.243 e. The molecule has 0 radical (unpaired) electrons. The number of aromatic amines is 1. The molecule has 11 nitrogen and oxygen atoms in total. The van der Waals surface area contributed by atoms with Gasteiger partial charge in [0.2, 0.25) is 11.6 Å². The maximum Gasteiger partial charge on any atom is 0.243 e. The van der Waals surface area contributed by atoms with Crippen LogP contribution in [0.3, 0.4) is 0 Å². The minimum atomic E-state index is -2.38. The van der Waals surface area contributed by atoms with Crippen LogP contribution in [0.25, 0.3) is 16.9 Å². The highest BCUT2D eigenvalue weighted by atomic mass is 32.2. The fraction of sp³-hybridized carbons (Fsp3) is 0.556. The lowest BCUT2D eigenvalue weighted by Crippen LogP contribution is -2.40. The van der Waals surface area contributed by atoms with Crippen LogP contribution in [0.1, 0.15) is 26.7 Å². The lowest BCUT2D eigenvalue weighted by molar-refractivity contribution is 0.250. The molecule has 1 fully saturated rings. The Balaban J connectivity index is 1.55. The predicted molar refractivity (Wildman–Crippen MR) is 112 cm³/mol. The van der Waals surface area contributed by atoms with Crippen LogP contribution in [-0.4, -0.2) is 74.7 Å². The van der Waals surface area contributed by atoms with Crippen molar-refractivity contribution < 1.29 is 13.2 Å². The molecule has 30 heavy (non-hydrogen) atoms. The van der Waals surface area contributed by atoms with Crippen LogP contribution in [0.4, 0.5) is 5.95 Å². The van der Waals surface area contributed by atoms with Gasteiger partial charge in [0, 0.05) is 30.9 Å². The maximum atomic E-state index is 10.9. The molecule has 0 unspecified atom stereocenters. The molecule has 3 aromatic rings. The molecular weight excluding hydrogens is 408 g/mol. The van der Waals surface area contributed by atoms with E-state index in [1.165, 1.54) is 0 Å². The van der Waals surface area contributed by atoms with E-state index in [1.807, 2.05) is 4.90 Å². The molecule has 3 aromatic heterocycles. The number of likely N-dealkylation sites (tertiary alicyclic amines) is 1. The topological polar surface area (TPSA) is 130 Å². The molecule has 162 valence electrons. The highest BCUT2D eigenvalue weighted by molar-refractivity contribution is 7.72. The SMILES string of the molecule is CC(C)COc1c(-c2cn[nH]c2)ncn2nc(NC3CCN(C[SH](=O)=O)CC3)nc12. The van der Waals surface area contributed by atoms with Crippen LogP contribution in [-0.2, 0) is 10.7 Å². The summed E-state index contributed by atoms with van der Waals surface area (Å²) in [7, 11) is -2.38. The van der Waals surface area contributed by atoms with Crippen LogP contribution < -0.4 is 10.1 Å². The quantitative estimate of drug-likeness (QED) is 0.444. The zero-order chi connectivity index (χ0) is 21.1. The van der Waals surface area contributed by atoms with E-state index in [1.54, 1.807) is 23.2 Å². The summed E-state index contributed by atoms with van der Waals surface area (Å²) in [6.07, 6.45) is 6.73. The van der Waals surface area contributed by atoms with E-state index in [0.29, 0.717) is 35.6 Å². The van der Waals surface area contributed by atoms with Crippen LogP contribution in [0.15, 0.2) is 18.7 Å². The summed E-state index contributed by atoms with van der Waals surface area (Å²) in [5.74, 6) is 1.54. The van der Waals surface area contributed by atoms with E-state index in [2.05, 4.69) is 44.4 Å². The average Bonchev–Trinajstić information content (AvgIpc) is 3.36. The van der Waals surface area contributed by atoms with E-state index in [-0.39, 0.29) is 11.9 Å². The van der Waals surface area contributed by atoms with Crippen molar-refractivity contribution in [1.29, 1.82) is 0 Å². The number of aromatic nitrogens is 6. The Bertz CT molecular complexity index is 1050. The minimum Gasteiger partial charge on any atom is -0.487 e. The van der Waals surface area contributed by atoms with Gasteiger partial charge in [-0.05, 0) is 18.8 Å². The van der Waals surface area contributed by atoms with Gasteiger partial charge in [-0.25, -0.2) is 13.4 Å². The number of piperidine rings is 1. The van der Waals surface area contributed by atoms with Gasteiger partial charge < -0.3 is 10.1 Å². The van der Waals surface area contributed by atoms with Gasteiger partial charge in [-0.3, -0.25) is 10.00 Å². The molecule has 1 saturated heterocycles. The molecule has 2 N–H and O–H groups in total. The number of H-pyrrole nitrogens is 1. The summed E-state index contributed by atoms with van der Waals surface area (Å²) in [6, 6.07) is 0.185. The summed E-state index contributed by atoms with van der Waals surface area (Å²) in [4.78, 5) is 11.1. The molecular formula is C18H26N8O3S. The number of fused-ring (bicyclic) bond motifs is 1. The number of rotatable bonds is 8. The second kappa shape index (κ2) is 8.96. The van der Waals surface area contributed by atoms with Crippen molar-refractivity contribution in [3.63, 3.8) is 0 Å². The summed E-state index contributed by atoms with van der Waals surface area (Å²) >= 11 is 0. The van der Waals surface area contributed by atoms with Gasteiger partial charge in [0.15, 0.2) is 16.5 Å². The van der Waals surface area contributed by atoms with E-state index in [9.17, 15) is 8.42 Å². The van der Waals surface area contributed by atoms with Gasteiger partial charge in [-0.2, -0.15) is 14.6 Å². The maximum absolute atomic E-state index is 10.9. The number of hydrogen-bond donors (Lipinski definition) is 3. The van der Waals surface area contributed by atoms with Gasteiger partial charge in [0.05, 0.1) is 18.7 Å². The fourth-order valence-corrected chi connectivity index (χ4v) is 4.04. The van der Waals surface area contributed by atoms with Crippen LogP contribution >= 0.6 is 0 Å². The Morgan fingerprint density at radius 3 is 2.80 bits per heavy atom. The molecule has 0 saturated carbocycles. The highest BCUT2D eigenvalue weighted by Gasteiger charge is 2.22. The number of nitrogens with zero attached hydrogens (tertiary/aromatic N) is 6. The first-order valence-corrected chi connectivity index (χ1v) is 11.3. The summed E-state index contributed by atoms with van der Waals surface area (Å²) in [6.45, 7) is 6.14. The molecule has 1 aliphatic heterocycles. The molecule has 4 heterocycles. The molecule has 0 aromatic carbocycles. The Morgan fingerprint density at radius 1 is 1.33 bits per heavy atom. The van der Waals surface area contributed by atoms with Crippen LogP contribution in [0, 0.1) is 5.92 Å². The molecule has 0 bridgehead atoms. The van der Waals surface area contributed by atoms with E-state index < -0.39 is 10.7 Å².